The number of carbonyl (C=O) groups excluding carboxylic acids is 2. The molecule has 3 rings (SSSR count). The van der Waals surface area contributed by atoms with E-state index < -0.39 is 11.8 Å². The third-order valence-electron chi connectivity index (χ3n) is 3.10. The Hall–Kier alpha value is -2.13. The van der Waals surface area contributed by atoms with Gasteiger partial charge in [-0.3, -0.25) is 15.0 Å². The van der Waals surface area contributed by atoms with Gasteiger partial charge in [-0.1, -0.05) is 0 Å². The summed E-state index contributed by atoms with van der Waals surface area (Å²) in [5.74, 6) is -0.238. The van der Waals surface area contributed by atoms with E-state index in [4.69, 9.17) is 9.52 Å². The van der Waals surface area contributed by atoms with Gasteiger partial charge in [-0.25, -0.2) is 5.01 Å². The number of aliphatic hydroxyl groups is 1. The summed E-state index contributed by atoms with van der Waals surface area (Å²) in [6.45, 7) is -0.238. The molecule has 1 aliphatic heterocycles. The summed E-state index contributed by atoms with van der Waals surface area (Å²) < 4.78 is 6.30. The highest BCUT2D eigenvalue weighted by Crippen LogP contribution is 2.22. The summed E-state index contributed by atoms with van der Waals surface area (Å²) in [7, 11) is 0. The Morgan fingerprint density at radius 2 is 1.91 bits per heavy atom. The van der Waals surface area contributed by atoms with Gasteiger partial charge in [0, 0.05) is 3.57 Å². The summed E-state index contributed by atoms with van der Waals surface area (Å²) >= 11 is 2.16. The van der Waals surface area contributed by atoms with E-state index in [1.165, 1.54) is 11.1 Å². The highest BCUT2D eigenvalue weighted by atomic mass is 127. The number of hydrogen-bond donors (Lipinski definition) is 2. The van der Waals surface area contributed by atoms with Crippen LogP contribution in [0.5, 0.6) is 0 Å². The van der Waals surface area contributed by atoms with E-state index >= 15 is 0 Å². The number of rotatable bonds is 3. The van der Waals surface area contributed by atoms with Crippen LogP contribution in [-0.2, 0) is 16.2 Å². The van der Waals surface area contributed by atoms with Gasteiger partial charge in [-0.15, -0.1) is 0 Å². The Morgan fingerprint density at radius 1 is 1.18 bits per heavy atom. The van der Waals surface area contributed by atoms with Gasteiger partial charge < -0.3 is 9.52 Å². The summed E-state index contributed by atoms with van der Waals surface area (Å²) in [5, 5.41) is 10.2. The van der Waals surface area contributed by atoms with Crippen molar-refractivity contribution in [1.29, 1.82) is 0 Å². The van der Waals surface area contributed by atoms with Crippen molar-refractivity contribution in [3.8, 4) is 0 Å². The Labute approximate surface area is 139 Å². The monoisotopic (exact) mass is 410 g/mol. The van der Waals surface area contributed by atoms with Crippen LogP contribution in [0.15, 0.2) is 46.4 Å². The molecule has 0 unspecified atom stereocenters. The lowest BCUT2D eigenvalue weighted by Crippen LogP contribution is -2.35. The molecule has 7 heteroatoms. The maximum absolute atomic E-state index is 12.4. The standard InChI is InChI=1S/C15H11IN2O4/c16-9-1-3-10(4-2-9)18-15(21)13(14(20)17-18)7-11-5-6-12(8-19)22-11/h1-7,19H,8H2,(H,17,20)/b13-7+. The summed E-state index contributed by atoms with van der Waals surface area (Å²) in [4.78, 5) is 24.3. The van der Waals surface area contributed by atoms with E-state index in [0.717, 1.165) is 3.57 Å². The molecular weight excluding hydrogens is 399 g/mol. The maximum Gasteiger partial charge on any atom is 0.282 e. The molecule has 1 aliphatic rings. The van der Waals surface area contributed by atoms with Crippen LogP contribution in [0.4, 0.5) is 5.69 Å². The summed E-state index contributed by atoms with van der Waals surface area (Å²) in [6, 6.07) is 10.4. The topological polar surface area (TPSA) is 82.8 Å². The molecule has 112 valence electrons. The van der Waals surface area contributed by atoms with Crippen LogP contribution in [0.3, 0.4) is 0 Å². The number of benzene rings is 1. The molecular formula is C15H11IN2O4. The van der Waals surface area contributed by atoms with E-state index in [9.17, 15) is 9.59 Å². The lowest BCUT2D eigenvalue weighted by molar-refractivity contribution is -0.117. The number of amides is 2. The van der Waals surface area contributed by atoms with Gasteiger partial charge in [0.25, 0.3) is 11.8 Å². The van der Waals surface area contributed by atoms with E-state index in [2.05, 4.69) is 28.0 Å². The lowest BCUT2D eigenvalue weighted by atomic mass is 10.2. The lowest BCUT2D eigenvalue weighted by Gasteiger charge is -2.14. The molecule has 2 heterocycles. The molecule has 0 bridgehead atoms. The van der Waals surface area contributed by atoms with Gasteiger partial charge >= 0.3 is 0 Å². The van der Waals surface area contributed by atoms with Crippen LogP contribution in [-0.4, -0.2) is 16.9 Å². The van der Waals surface area contributed by atoms with E-state index in [1.807, 2.05) is 12.1 Å². The van der Waals surface area contributed by atoms with Gasteiger partial charge in [0.1, 0.15) is 23.7 Å². The third-order valence-corrected chi connectivity index (χ3v) is 3.82. The van der Waals surface area contributed by atoms with E-state index in [-0.39, 0.29) is 12.2 Å². The number of hydrogen-bond acceptors (Lipinski definition) is 4. The highest BCUT2D eigenvalue weighted by molar-refractivity contribution is 14.1. The second kappa shape index (κ2) is 5.93. The molecule has 0 aliphatic carbocycles. The Morgan fingerprint density at radius 3 is 2.55 bits per heavy atom. The first-order valence-electron chi connectivity index (χ1n) is 6.41. The van der Waals surface area contributed by atoms with Crippen molar-refractivity contribution in [1.82, 2.24) is 5.43 Å². The number of halogens is 1. The number of carbonyl (C=O) groups is 2. The molecule has 0 spiro atoms. The normalized spacial score (nSPS) is 16.5. The molecule has 0 atom stereocenters. The Bertz CT molecular complexity index is 764. The quantitative estimate of drug-likeness (QED) is 0.460. The molecule has 1 aromatic heterocycles. The van der Waals surface area contributed by atoms with E-state index in [0.29, 0.717) is 17.2 Å². The number of furan rings is 1. The highest BCUT2D eigenvalue weighted by Gasteiger charge is 2.34. The third kappa shape index (κ3) is 2.77. The van der Waals surface area contributed by atoms with Crippen LogP contribution in [0.25, 0.3) is 6.08 Å². The number of nitrogens with zero attached hydrogens (tertiary/aromatic N) is 1. The van der Waals surface area contributed by atoms with Crippen molar-refractivity contribution < 1.29 is 19.1 Å². The molecule has 22 heavy (non-hydrogen) atoms. The number of aliphatic hydroxyl groups excluding tert-OH is 1. The number of nitrogens with one attached hydrogen (secondary N) is 1. The first-order valence-corrected chi connectivity index (χ1v) is 7.48. The molecule has 6 nitrogen and oxygen atoms in total. The van der Waals surface area contributed by atoms with Gasteiger partial charge in [-0.2, -0.15) is 0 Å². The summed E-state index contributed by atoms with van der Waals surface area (Å²) in [6.07, 6.45) is 1.36. The van der Waals surface area contributed by atoms with Crippen molar-refractivity contribution in [3.63, 3.8) is 0 Å². The molecule has 2 amide bonds. The molecule has 2 N–H and O–H groups in total. The zero-order valence-electron chi connectivity index (χ0n) is 11.2. The molecule has 1 fully saturated rings. The second-order valence-corrected chi connectivity index (χ2v) is 5.82. The van der Waals surface area contributed by atoms with Crippen LogP contribution < -0.4 is 10.4 Å². The smallest absolute Gasteiger partial charge is 0.282 e. The van der Waals surface area contributed by atoms with Crippen molar-refractivity contribution in [3.05, 3.63) is 57.1 Å². The first kappa shape index (κ1) is 14.8. The zero-order valence-corrected chi connectivity index (χ0v) is 13.4. The minimum atomic E-state index is -0.495. The zero-order chi connectivity index (χ0) is 15.7. The minimum absolute atomic E-state index is 0.0163. The van der Waals surface area contributed by atoms with E-state index in [1.54, 1.807) is 24.3 Å². The summed E-state index contributed by atoms with van der Waals surface area (Å²) in [5.41, 5.74) is 3.08. The van der Waals surface area contributed by atoms with Gasteiger partial charge in [0.2, 0.25) is 0 Å². The SMILES string of the molecule is O=C1NN(c2ccc(I)cc2)C(=O)/C1=C/c1ccc(CO)o1. The Kier molecular flexibility index (Phi) is 3.99. The predicted octanol–water partition coefficient (Wildman–Crippen LogP) is 1.84. The van der Waals surface area contributed by atoms with Gasteiger partial charge in [0.15, 0.2) is 0 Å². The van der Waals surface area contributed by atoms with Crippen LogP contribution >= 0.6 is 22.6 Å². The maximum atomic E-state index is 12.4. The fourth-order valence-electron chi connectivity index (χ4n) is 2.03. The first-order chi connectivity index (χ1) is 10.6. The van der Waals surface area contributed by atoms with Crippen molar-refractivity contribution in [2.24, 2.45) is 0 Å². The van der Waals surface area contributed by atoms with Crippen molar-refractivity contribution in [2.75, 3.05) is 5.01 Å². The number of hydrazine groups is 1. The predicted molar refractivity (Wildman–Crippen MR) is 87.4 cm³/mol. The van der Waals surface area contributed by atoms with Gasteiger partial charge in [0.05, 0.1) is 5.69 Å². The molecule has 1 saturated heterocycles. The van der Waals surface area contributed by atoms with Gasteiger partial charge in [-0.05, 0) is 65.1 Å². The minimum Gasteiger partial charge on any atom is -0.459 e. The molecule has 2 aromatic rings. The largest absolute Gasteiger partial charge is 0.459 e. The van der Waals surface area contributed by atoms with Crippen LogP contribution in [0.1, 0.15) is 11.5 Å². The van der Waals surface area contributed by atoms with Crippen molar-refractivity contribution in [2.45, 2.75) is 6.61 Å². The van der Waals surface area contributed by atoms with Crippen LogP contribution in [0, 0.1) is 3.57 Å². The molecule has 0 radical (unpaired) electrons. The fourth-order valence-corrected chi connectivity index (χ4v) is 2.39. The molecule has 1 aromatic carbocycles. The average Bonchev–Trinajstić information content (AvgIpc) is 3.08. The molecule has 0 saturated carbocycles. The number of anilines is 1. The second-order valence-electron chi connectivity index (χ2n) is 4.58. The van der Waals surface area contributed by atoms with Crippen molar-refractivity contribution >= 4 is 46.2 Å². The average molecular weight is 410 g/mol. The Balaban J connectivity index is 1.89. The fraction of sp³-hybridized carbons (Fsp3) is 0.0667. The van der Waals surface area contributed by atoms with Crippen LogP contribution in [0.2, 0.25) is 0 Å².